The molecule has 0 aliphatic heterocycles. The summed E-state index contributed by atoms with van der Waals surface area (Å²) in [7, 11) is -0.290. The van der Waals surface area contributed by atoms with Gasteiger partial charge in [0, 0.05) is 20.2 Å². The van der Waals surface area contributed by atoms with Crippen LogP contribution >= 0.6 is 27.3 Å². The molecule has 98 valence electrons. The Morgan fingerprint density at radius 3 is 2.59 bits per heavy atom. The highest BCUT2D eigenvalue weighted by molar-refractivity contribution is 9.11. The molecule has 17 heavy (non-hydrogen) atoms. The SMILES string of the molecule is COCC(C)N(C)S(=O)(=O)c1cc(C)c(Br)s1. The molecule has 0 bridgehead atoms. The van der Waals surface area contributed by atoms with Crippen LogP contribution in [0, 0.1) is 6.92 Å². The van der Waals surface area contributed by atoms with Crippen molar-refractivity contribution in [3.63, 3.8) is 0 Å². The number of ether oxygens (including phenoxy) is 1. The average Bonchev–Trinajstić information content (AvgIpc) is 2.59. The standard InChI is InChI=1S/C10H16BrNO3S2/c1-7-5-9(16-10(7)11)17(13,14)12(3)8(2)6-15-4/h5,8H,6H2,1-4H3. The lowest BCUT2D eigenvalue weighted by Crippen LogP contribution is -2.37. The Morgan fingerprint density at radius 2 is 2.18 bits per heavy atom. The third kappa shape index (κ3) is 3.29. The zero-order valence-electron chi connectivity index (χ0n) is 10.2. The van der Waals surface area contributed by atoms with E-state index in [0.29, 0.717) is 10.8 Å². The fourth-order valence-electron chi connectivity index (χ4n) is 1.28. The van der Waals surface area contributed by atoms with Crippen LogP contribution in [0.15, 0.2) is 14.1 Å². The second kappa shape index (κ2) is 5.79. The van der Waals surface area contributed by atoms with Crippen LogP contribution in [-0.2, 0) is 14.8 Å². The molecule has 0 spiro atoms. The van der Waals surface area contributed by atoms with Crippen LogP contribution in [0.1, 0.15) is 12.5 Å². The fourth-order valence-corrected chi connectivity index (χ4v) is 5.04. The van der Waals surface area contributed by atoms with E-state index in [-0.39, 0.29) is 6.04 Å². The van der Waals surface area contributed by atoms with E-state index in [4.69, 9.17) is 4.74 Å². The summed E-state index contributed by atoms with van der Waals surface area (Å²) in [6, 6.07) is 1.49. The predicted molar refractivity (Wildman–Crippen MR) is 73.0 cm³/mol. The summed E-state index contributed by atoms with van der Waals surface area (Å²) >= 11 is 4.57. The Kier molecular flexibility index (Phi) is 5.15. The first-order valence-corrected chi connectivity index (χ1v) is 8.08. The maximum absolute atomic E-state index is 12.3. The Balaban J connectivity index is 3.02. The highest BCUT2D eigenvalue weighted by atomic mass is 79.9. The Hall–Kier alpha value is 0.0500. The van der Waals surface area contributed by atoms with E-state index in [1.54, 1.807) is 20.2 Å². The van der Waals surface area contributed by atoms with Crippen molar-refractivity contribution in [2.75, 3.05) is 20.8 Å². The number of thiophene rings is 1. The number of halogens is 1. The van der Waals surface area contributed by atoms with E-state index in [9.17, 15) is 8.42 Å². The van der Waals surface area contributed by atoms with E-state index >= 15 is 0 Å². The molecule has 1 unspecified atom stereocenters. The van der Waals surface area contributed by atoms with Gasteiger partial charge in [-0.15, -0.1) is 11.3 Å². The fraction of sp³-hybridized carbons (Fsp3) is 0.600. The zero-order chi connectivity index (χ0) is 13.2. The average molecular weight is 342 g/mol. The minimum Gasteiger partial charge on any atom is -0.383 e. The Bertz CT molecular complexity index is 464. The van der Waals surface area contributed by atoms with Crippen LogP contribution < -0.4 is 0 Å². The monoisotopic (exact) mass is 341 g/mol. The largest absolute Gasteiger partial charge is 0.383 e. The molecule has 0 fully saturated rings. The summed E-state index contributed by atoms with van der Waals surface area (Å²) < 4.78 is 32.1. The summed E-state index contributed by atoms with van der Waals surface area (Å²) in [6.45, 7) is 4.07. The van der Waals surface area contributed by atoms with Crippen LogP contribution in [0.25, 0.3) is 0 Å². The van der Waals surface area contributed by atoms with Gasteiger partial charge in [-0.1, -0.05) is 0 Å². The molecule has 0 radical (unpaired) electrons. The maximum Gasteiger partial charge on any atom is 0.252 e. The van der Waals surface area contributed by atoms with Crippen molar-refractivity contribution in [3.8, 4) is 0 Å². The number of hydrogen-bond acceptors (Lipinski definition) is 4. The number of methoxy groups -OCH3 is 1. The third-order valence-corrected chi connectivity index (χ3v) is 7.05. The lowest BCUT2D eigenvalue weighted by atomic mass is 10.4. The molecule has 1 aromatic heterocycles. The highest BCUT2D eigenvalue weighted by Gasteiger charge is 2.27. The molecule has 0 aliphatic carbocycles. The molecule has 0 saturated carbocycles. The second-order valence-corrected chi connectivity index (χ2v) is 8.44. The van der Waals surface area contributed by atoms with Crippen LogP contribution in [0.5, 0.6) is 0 Å². The number of likely N-dealkylation sites (N-methyl/N-ethyl adjacent to an activating group) is 1. The number of rotatable bonds is 5. The van der Waals surface area contributed by atoms with E-state index in [0.717, 1.165) is 9.35 Å². The molecule has 0 aromatic carbocycles. The normalized spacial score (nSPS) is 14.2. The summed E-state index contributed by atoms with van der Waals surface area (Å²) in [4.78, 5) is 0. The molecule has 1 rings (SSSR count). The smallest absolute Gasteiger partial charge is 0.252 e. The molecule has 0 amide bonds. The number of sulfonamides is 1. The summed E-state index contributed by atoms with van der Waals surface area (Å²) in [6.07, 6.45) is 0. The van der Waals surface area contributed by atoms with Gasteiger partial charge in [0.05, 0.1) is 10.4 Å². The number of hydrogen-bond donors (Lipinski definition) is 0. The molecule has 4 nitrogen and oxygen atoms in total. The summed E-state index contributed by atoms with van der Waals surface area (Å²) in [5.41, 5.74) is 0.932. The lowest BCUT2D eigenvalue weighted by Gasteiger charge is -2.22. The van der Waals surface area contributed by atoms with Gasteiger partial charge in [0.1, 0.15) is 4.21 Å². The van der Waals surface area contributed by atoms with Crippen LogP contribution in [0.3, 0.4) is 0 Å². The first kappa shape index (κ1) is 15.1. The van der Waals surface area contributed by atoms with Crippen LogP contribution in [-0.4, -0.2) is 39.5 Å². The van der Waals surface area contributed by atoms with Gasteiger partial charge in [-0.3, -0.25) is 0 Å². The molecular weight excluding hydrogens is 326 g/mol. The number of aryl methyl sites for hydroxylation is 1. The third-order valence-electron chi connectivity index (χ3n) is 2.50. The molecule has 7 heteroatoms. The van der Waals surface area contributed by atoms with Gasteiger partial charge < -0.3 is 4.74 Å². The van der Waals surface area contributed by atoms with Crippen molar-refractivity contribution in [3.05, 3.63) is 15.4 Å². The van der Waals surface area contributed by atoms with Crippen LogP contribution in [0.4, 0.5) is 0 Å². The van der Waals surface area contributed by atoms with Gasteiger partial charge in [0.15, 0.2) is 0 Å². The molecule has 0 saturated heterocycles. The molecule has 0 aliphatic rings. The minimum atomic E-state index is -3.42. The minimum absolute atomic E-state index is 0.189. The van der Waals surface area contributed by atoms with Crippen molar-refractivity contribution < 1.29 is 13.2 Å². The first-order chi connectivity index (χ1) is 7.80. The molecule has 0 N–H and O–H groups in total. The van der Waals surface area contributed by atoms with Gasteiger partial charge in [-0.05, 0) is 41.4 Å². The zero-order valence-corrected chi connectivity index (χ0v) is 13.4. The van der Waals surface area contributed by atoms with Gasteiger partial charge >= 0.3 is 0 Å². The van der Waals surface area contributed by atoms with Crippen molar-refractivity contribution in [1.29, 1.82) is 0 Å². The van der Waals surface area contributed by atoms with E-state index < -0.39 is 10.0 Å². The first-order valence-electron chi connectivity index (χ1n) is 5.03. The van der Waals surface area contributed by atoms with E-state index in [1.807, 2.05) is 13.8 Å². The van der Waals surface area contributed by atoms with Gasteiger partial charge in [-0.25, -0.2) is 8.42 Å². The van der Waals surface area contributed by atoms with Gasteiger partial charge in [-0.2, -0.15) is 4.31 Å². The quantitative estimate of drug-likeness (QED) is 0.826. The van der Waals surface area contributed by atoms with Gasteiger partial charge in [0.25, 0.3) is 10.0 Å². The molecule has 1 aromatic rings. The van der Waals surface area contributed by atoms with E-state index in [1.165, 1.54) is 15.6 Å². The van der Waals surface area contributed by atoms with E-state index in [2.05, 4.69) is 15.9 Å². The summed E-state index contributed by atoms with van der Waals surface area (Å²) in [5, 5.41) is 0. The molecular formula is C10H16BrNO3S2. The number of nitrogens with zero attached hydrogens (tertiary/aromatic N) is 1. The van der Waals surface area contributed by atoms with Crippen molar-refractivity contribution >= 4 is 37.3 Å². The van der Waals surface area contributed by atoms with Crippen molar-refractivity contribution in [2.24, 2.45) is 0 Å². The van der Waals surface area contributed by atoms with Gasteiger partial charge in [0.2, 0.25) is 0 Å². The molecule has 1 atom stereocenters. The predicted octanol–water partition coefficient (Wildman–Crippen LogP) is 2.47. The molecule has 1 heterocycles. The lowest BCUT2D eigenvalue weighted by molar-refractivity contribution is 0.149. The maximum atomic E-state index is 12.3. The summed E-state index contributed by atoms with van der Waals surface area (Å²) in [5.74, 6) is 0. The Labute approximate surface area is 115 Å². The van der Waals surface area contributed by atoms with Crippen molar-refractivity contribution in [2.45, 2.75) is 24.1 Å². The Morgan fingerprint density at radius 1 is 1.59 bits per heavy atom. The highest BCUT2D eigenvalue weighted by Crippen LogP contribution is 2.32. The van der Waals surface area contributed by atoms with Crippen LogP contribution in [0.2, 0.25) is 0 Å². The second-order valence-electron chi connectivity index (χ2n) is 3.85. The van der Waals surface area contributed by atoms with Crippen molar-refractivity contribution in [1.82, 2.24) is 4.31 Å². The topological polar surface area (TPSA) is 46.6 Å².